The van der Waals surface area contributed by atoms with E-state index in [4.69, 9.17) is 9.97 Å². The molecule has 5 rings (SSSR count). The molecule has 1 fully saturated rings. The largest absolute Gasteiger partial charge is 0.353 e. The fraction of sp³-hybridized carbons (Fsp3) is 0.364. The molecule has 0 spiro atoms. The molecule has 3 aromatic rings. The van der Waals surface area contributed by atoms with Crippen LogP contribution in [0.2, 0.25) is 0 Å². The van der Waals surface area contributed by atoms with Crippen molar-refractivity contribution >= 4 is 28.9 Å². The van der Waals surface area contributed by atoms with E-state index in [0.29, 0.717) is 6.42 Å². The van der Waals surface area contributed by atoms with E-state index in [9.17, 15) is 4.79 Å². The van der Waals surface area contributed by atoms with Crippen LogP contribution in [0.1, 0.15) is 39.0 Å². The molecule has 0 radical (unpaired) electrons. The summed E-state index contributed by atoms with van der Waals surface area (Å²) in [5.74, 6) is 2.17. The SMILES string of the molecule is Cc1nc(N2CCN(c3ccccn3)CC2)nc2c1C(=O)C[C@H](c1cccs1)C2. The van der Waals surface area contributed by atoms with Crippen molar-refractivity contribution in [3.8, 4) is 0 Å². The highest BCUT2D eigenvalue weighted by molar-refractivity contribution is 7.10. The van der Waals surface area contributed by atoms with Gasteiger partial charge in [-0.3, -0.25) is 4.79 Å². The van der Waals surface area contributed by atoms with Gasteiger partial charge in [0.2, 0.25) is 5.95 Å². The summed E-state index contributed by atoms with van der Waals surface area (Å²) in [4.78, 5) is 32.6. The van der Waals surface area contributed by atoms with Crippen LogP contribution >= 0.6 is 11.3 Å². The molecule has 0 N–H and O–H groups in total. The van der Waals surface area contributed by atoms with Crippen molar-refractivity contribution in [3.63, 3.8) is 0 Å². The molecule has 4 heterocycles. The average Bonchev–Trinajstić information content (AvgIpc) is 3.29. The number of nitrogens with zero attached hydrogens (tertiary/aromatic N) is 5. The Labute approximate surface area is 174 Å². The molecule has 2 aliphatic rings. The summed E-state index contributed by atoms with van der Waals surface area (Å²) in [6.45, 7) is 5.40. The van der Waals surface area contributed by atoms with Gasteiger partial charge in [0.05, 0.1) is 17.0 Å². The van der Waals surface area contributed by atoms with E-state index in [0.717, 1.165) is 61.3 Å². The van der Waals surface area contributed by atoms with Crippen LogP contribution in [-0.2, 0) is 6.42 Å². The summed E-state index contributed by atoms with van der Waals surface area (Å²) in [5, 5.41) is 2.08. The normalized spacial score (nSPS) is 19.3. The zero-order valence-corrected chi connectivity index (χ0v) is 17.2. The minimum atomic E-state index is 0.175. The highest BCUT2D eigenvalue weighted by Gasteiger charge is 2.31. The van der Waals surface area contributed by atoms with E-state index in [1.807, 2.05) is 31.3 Å². The van der Waals surface area contributed by atoms with Gasteiger partial charge in [0.1, 0.15) is 5.82 Å². The Morgan fingerprint density at radius 2 is 1.83 bits per heavy atom. The second-order valence-corrected chi connectivity index (χ2v) is 8.62. The number of piperazine rings is 1. The molecule has 3 aromatic heterocycles. The first-order chi connectivity index (χ1) is 14.2. The highest BCUT2D eigenvalue weighted by Crippen LogP contribution is 2.35. The third-order valence-electron chi connectivity index (χ3n) is 5.78. The molecule has 0 amide bonds. The maximum atomic E-state index is 12.8. The Morgan fingerprint density at radius 1 is 1.00 bits per heavy atom. The van der Waals surface area contributed by atoms with Crippen molar-refractivity contribution < 1.29 is 4.79 Å². The van der Waals surface area contributed by atoms with E-state index in [2.05, 4.69) is 32.3 Å². The molecule has 6 nitrogen and oxygen atoms in total. The van der Waals surface area contributed by atoms with Crippen molar-refractivity contribution in [1.29, 1.82) is 0 Å². The number of hydrogen-bond acceptors (Lipinski definition) is 7. The van der Waals surface area contributed by atoms with Crippen LogP contribution in [0.3, 0.4) is 0 Å². The first-order valence-electron chi connectivity index (χ1n) is 10.0. The van der Waals surface area contributed by atoms with E-state index in [1.54, 1.807) is 11.3 Å². The maximum Gasteiger partial charge on any atom is 0.225 e. The number of pyridine rings is 1. The Morgan fingerprint density at radius 3 is 2.55 bits per heavy atom. The molecule has 1 saturated heterocycles. The predicted octanol–water partition coefficient (Wildman–Crippen LogP) is 3.48. The van der Waals surface area contributed by atoms with Gasteiger partial charge >= 0.3 is 0 Å². The second kappa shape index (κ2) is 7.55. The van der Waals surface area contributed by atoms with Gasteiger partial charge in [0, 0.05) is 49.6 Å². The number of rotatable bonds is 3. The quantitative estimate of drug-likeness (QED) is 0.665. The van der Waals surface area contributed by atoms with Crippen LogP contribution in [0.15, 0.2) is 41.9 Å². The van der Waals surface area contributed by atoms with Gasteiger partial charge in [0.25, 0.3) is 0 Å². The van der Waals surface area contributed by atoms with Crippen LogP contribution < -0.4 is 9.80 Å². The minimum Gasteiger partial charge on any atom is -0.353 e. The molecule has 148 valence electrons. The first kappa shape index (κ1) is 18.2. The lowest BCUT2D eigenvalue weighted by molar-refractivity contribution is 0.0962. The standard InChI is InChI=1S/C22H23N5OS/c1-15-21-17(13-16(14-18(21)28)19-5-4-12-29-19)25-22(24-15)27-10-8-26(9-11-27)20-6-2-3-7-23-20/h2-7,12,16H,8-11,13-14H2,1H3/t16-/m1/s1. The Balaban J connectivity index is 1.37. The van der Waals surface area contributed by atoms with Gasteiger partial charge in [-0.1, -0.05) is 12.1 Å². The van der Waals surface area contributed by atoms with Crippen molar-refractivity contribution in [2.24, 2.45) is 0 Å². The summed E-state index contributed by atoms with van der Waals surface area (Å²) in [7, 11) is 0. The average molecular weight is 406 g/mol. The molecule has 0 bridgehead atoms. The predicted molar refractivity (Wildman–Crippen MR) is 115 cm³/mol. The van der Waals surface area contributed by atoms with Gasteiger partial charge in [-0.25, -0.2) is 15.0 Å². The van der Waals surface area contributed by atoms with Crippen LogP contribution in [0.25, 0.3) is 0 Å². The molecular weight excluding hydrogens is 382 g/mol. The Kier molecular flexibility index (Phi) is 4.75. The fourth-order valence-corrected chi connectivity index (χ4v) is 5.13. The molecular formula is C22H23N5OS. The van der Waals surface area contributed by atoms with E-state index >= 15 is 0 Å². The van der Waals surface area contributed by atoms with Gasteiger partial charge in [-0.05, 0) is 36.9 Å². The van der Waals surface area contributed by atoms with Crippen molar-refractivity contribution in [1.82, 2.24) is 15.0 Å². The Bertz CT molecular complexity index is 1010. The van der Waals surface area contributed by atoms with Crippen LogP contribution in [-0.4, -0.2) is 46.9 Å². The number of aryl methyl sites for hydroxylation is 1. The van der Waals surface area contributed by atoms with Gasteiger partial charge in [-0.2, -0.15) is 0 Å². The summed E-state index contributed by atoms with van der Waals surface area (Å²) in [5.41, 5.74) is 2.47. The number of anilines is 2. The highest BCUT2D eigenvalue weighted by atomic mass is 32.1. The Hall–Kier alpha value is -2.80. The molecule has 1 atom stereocenters. The second-order valence-electron chi connectivity index (χ2n) is 7.64. The summed E-state index contributed by atoms with van der Waals surface area (Å²) >= 11 is 1.72. The molecule has 0 unspecified atom stereocenters. The van der Waals surface area contributed by atoms with Gasteiger partial charge in [-0.15, -0.1) is 11.3 Å². The van der Waals surface area contributed by atoms with Crippen molar-refractivity contribution in [3.05, 3.63) is 63.7 Å². The molecule has 7 heteroatoms. The number of hydrogen-bond donors (Lipinski definition) is 0. The number of aromatic nitrogens is 3. The lowest BCUT2D eigenvalue weighted by Gasteiger charge is -2.36. The smallest absolute Gasteiger partial charge is 0.225 e. The topological polar surface area (TPSA) is 62.2 Å². The number of ketones is 1. The van der Waals surface area contributed by atoms with Crippen LogP contribution in [0.5, 0.6) is 0 Å². The van der Waals surface area contributed by atoms with Gasteiger partial charge < -0.3 is 9.80 Å². The lowest BCUT2D eigenvalue weighted by atomic mass is 9.84. The van der Waals surface area contributed by atoms with Crippen molar-refractivity contribution in [2.75, 3.05) is 36.0 Å². The summed E-state index contributed by atoms with van der Waals surface area (Å²) in [6, 6.07) is 10.2. The van der Waals surface area contributed by atoms with E-state index in [1.165, 1.54) is 4.88 Å². The number of fused-ring (bicyclic) bond motifs is 1. The molecule has 0 saturated carbocycles. The zero-order chi connectivity index (χ0) is 19.8. The minimum absolute atomic E-state index is 0.175. The summed E-state index contributed by atoms with van der Waals surface area (Å²) < 4.78 is 0. The number of thiophene rings is 1. The molecule has 0 aromatic carbocycles. The molecule has 29 heavy (non-hydrogen) atoms. The molecule has 1 aliphatic carbocycles. The third kappa shape index (κ3) is 3.51. The maximum absolute atomic E-state index is 12.8. The zero-order valence-electron chi connectivity index (χ0n) is 16.4. The molecule has 1 aliphatic heterocycles. The van der Waals surface area contributed by atoms with Crippen molar-refractivity contribution in [2.45, 2.75) is 25.7 Å². The van der Waals surface area contributed by atoms with Crippen LogP contribution in [0, 0.1) is 6.92 Å². The number of carbonyl (C=O) groups excluding carboxylic acids is 1. The van der Waals surface area contributed by atoms with Gasteiger partial charge in [0.15, 0.2) is 5.78 Å². The van der Waals surface area contributed by atoms with E-state index < -0.39 is 0 Å². The number of Topliss-reactive ketones (excluding diaryl/α,β-unsaturated/α-hetero) is 1. The third-order valence-corrected chi connectivity index (χ3v) is 6.82. The van der Waals surface area contributed by atoms with E-state index in [-0.39, 0.29) is 11.7 Å². The summed E-state index contributed by atoms with van der Waals surface area (Å²) in [6.07, 6.45) is 3.20. The monoisotopic (exact) mass is 405 g/mol. The lowest BCUT2D eigenvalue weighted by Crippen LogP contribution is -2.47. The number of carbonyl (C=O) groups is 1. The van der Waals surface area contributed by atoms with Crippen LogP contribution in [0.4, 0.5) is 11.8 Å². The fourth-order valence-electron chi connectivity index (χ4n) is 4.30. The first-order valence-corrected chi connectivity index (χ1v) is 10.9.